The molecule has 6 nitrogen and oxygen atoms in total. The molecule has 4 amide bonds. The van der Waals surface area contributed by atoms with E-state index in [4.69, 9.17) is 4.74 Å². The maximum Gasteiger partial charge on any atom is 0.328 e. The van der Waals surface area contributed by atoms with Gasteiger partial charge in [0.25, 0.3) is 11.8 Å². The van der Waals surface area contributed by atoms with E-state index in [2.05, 4.69) is 10.6 Å². The summed E-state index contributed by atoms with van der Waals surface area (Å²) in [7, 11) is 0. The van der Waals surface area contributed by atoms with Crippen LogP contribution in [0.5, 0.6) is 5.75 Å². The van der Waals surface area contributed by atoms with Crippen molar-refractivity contribution in [2.45, 2.75) is 58.3 Å². The minimum Gasteiger partial charge on any atom is -0.493 e. The Hall–Kier alpha value is -2.63. The van der Waals surface area contributed by atoms with Crippen molar-refractivity contribution in [1.29, 1.82) is 0 Å². The number of ether oxygens (including phenoxy) is 1. The molecule has 0 bridgehead atoms. The third kappa shape index (κ3) is 5.44. The number of barbiturate groups is 1. The topological polar surface area (TPSA) is 84.5 Å². The monoisotopic (exact) mass is 384 g/mol. The molecule has 2 aliphatic rings. The SMILES string of the molecule is Cc1ccc(OCCCCC2CCCCC2)c(C=C2C(=O)NC(=O)NC2=O)c1. The lowest BCUT2D eigenvalue weighted by Gasteiger charge is -2.21. The number of hydrogen-bond acceptors (Lipinski definition) is 4. The van der Waals surface area contributed by atoms with E-state index in [-0.39, 0.29) is 5.57 Å². The lowest BCUT2D eigenvalue weighted by Crippen LogP contribution is -2.51. The summed E-state index contributed by atoms with van der Waals surface area (Å²) in [6.07, 6.45) is 11.7. The largest absolute Gasteiger partial charge is 0.493 e. The second kappa shape index (κ2) is 9.53. The highest BCUT2D eigenvalue weighted by Crippen LogP contribution is 2.28. The molecule has 1 saturated carbocycles. The average molecular weight is 384 g/mol. The Morgan fingerprint density at radius 2 is 1.75 bits per heavy atom. The molecule has 0 radical (unpaired) electrons. The highest BCUT2D eigenvalue weighted by atomic mass is 16.5. The molecule has 0 atom stereocenters. The van der Waals surface area contributed by atoms with Crippen molar-refractivity contribution in [3.05, 3.63) is 34.9 Å². The third-order valence-corrected chi connectivity index (χ3v) is 5.40. The second-order valence-electron chi connectivity index (χ2n) is 7.68. The van der Waals surface area contributed by atoms with Gasteiger partial charge in [0.05, 0.1) is 6.61 Å². The van der Waals surface area contributed by atoms with Gasteiger partial charge in [-0.2, -0.15) is 0 Å². The van der Waals surface area contributed by atoms with Crippen molar-refractivity contribution in [2.24, 2.45) is 5.92 Å². The van der Waals surface area contributed by atoms with Crippen LogP contribution in [-0.4, -0.2) is 24.5 Å². The molecule has 0 aromatic heterocycles. The van der Waals surface area contributed by atoms with E-state index in [1.54, 1.807) is 0 Å². The number of carbonyl (C=O) groups is 3. The fraction of sp³-hybridized carbons (Fsp3) is 0.500. The number of unbranched alkanes of at least 4 members (excludes halogenated alkanes) is 1. The summed E-state index contributed by atoms with van der Waals surface area (Å²) in [5.74, 6) is 0.107. The van der Waals surface area contributed by atoms with Gasteiger partial charge in [0, 0.05) is 5.56 Å². The van der Waals surface area contributed by atoms with Crippen LogP contribution >= 0.6 is 0 Å². The van der Waals surface area contributed by atoms with Crippen LogP contribution in [0.4, 0.5) is 4.79 Å². The van der Waals surface area contributed by atoms with Crippen molar-refractivity contribution >= 4 is 23.9 Å². The van der Waals surface area contributed by atoms with Gasteiger partial charge in [-0.1, -0.05) is 50.2 Å². The van der Waals surface area contributed by atoms with Gasteiger partial charge in [-0.3, -0.25) is 20.2 Å². The number of nitrogens with one attached hydrogen (secondary N) is 2. The van der Waals surface area contributed by atoms with Gasteiger partial charge >= 0.3 is 6.03 Å². The lowest BCUT2D eigenvalue weighted by atomic mass is 9.86. The van der Waals surface area contributed by atoms with E-state index in [0.717, 1.165) is 24.3 Å². The van der Waals surface area contributed by atoms with Crippen molar-refractivity contribution in [3.8, 4) is 5.75 Å². The smallest absolute Gasteiger partial charge is 0.328 e. The molecule has 6 heteroatoms. The molecule has 1 heterocycles. The minimum absolute atomic E-state index is 0.104. The average Bonchev–Trinajstić information content (AvgIpc) is 2.66. The predicted octanol–water partition coefficient (Wildman–Crippen LogP) is 3.87. The molecule has 3 rings (SSSR count). The maximum atomic E-state index is 12.0. The number of aryl methyl sites for hydroxylation is 1. The molecule has 0 spiro atoms. The van der Waals surface area contributed by atoms with Crippen LogP contribution in [0.2, 0.25) is 0 Å². The Morgan fingerprint density at radius 3 is 2.46 bits per heavy atom. The lowest BCUT2D eigenvalue weighted by molar-refractivity contribution is -0.123. The van der Waals surface area contributed by atoms with Crippen LogP contribution < -0.4 is 15.4 Å². The molecule has 2 fully saturated rings. The van der Waals surface area contributed by atoms with E-state index in [1.165, 1.54) is 44.6 Å². The van der Waals surface area contributed by atoms with Gasteiger partial charge in [-0.05, 0) is 43.9 Å². The molecule has 1 aliphatic carbocycles. The zero-order valence-electron chi connectivity index (χ0n) is 16.4. The quantitative estimate of drug-likeness (QED) is 0.424. The van der Waals surface area contributed by atoms with Crippen LogP contribution in [-0.2, 0) is 9.59 Å². The highest BCUT2D eigenvalue weighted by molar-refractivity contribution is 6.31. The summed E-state index contributed by atoms with van der Waals surface area (Å²) >= 11 is 0. The molecule has 150 valence electrons. The van der Waals surface area contributed by atoms with Crippen molar-refractivity contribution < 1.29 is 19.1 Å². The normalized spacial score (nSPS) is 17.9. The standard InChI is InChI=1S/C22H28N2O4/c1-15-10-11-19(28-12-6-5-9-16-7-3-2-4-8-16)17(13-15)14-18-20(25)23-22(27)24-21(18)26/h10-11,13-14,16H,2-9,12H2,1H3,(H2,23,24,25,26,27). The van der Waals surface area contributed by atoms with Gasteiger partial charge in [0.2, 0.25) is 0 Å². The second-order valence-corrected chi connectivity index (χ2v) is 7.68. The summed E-state index contributed by atoms with van der Waals surface area (Å²) in [5.41, 5.74) is 1.54. The number of amides is 4. The van der Waals surface area contributed by atoms with Crippen LogP contribution in [0.25, 0.3) is 6.08 Å². The zero-order chi connectivity index (χ0) is 19.9. The van der Waals surface area contributed by atoms with E-state index < -0.39 is 17.8 Å². The Morgan fingerprint density at radius 1 is 1.04 bits per heavy atom. The predicted molar refractivity (Wildman–Crippen MR) is 107 cm³/mol. The molecular weight excluding hydrogens is 356 g/mol. The Labute approximate surface area is 165 Å². The fourth-order valence-corrected chi connectivity index (χ4v) is 3.87. The molecule has 1 aromatic rings. The molecule has 1 saturated heterocycles. The van der Waals surface area contributed by atoms with Gasteiger partial charge in [-0.15, -0.1) is 0 Å². The van der Waals surface area contributed by atoms with E-state index in [9.17, 15) is 14.4 Å². The Balaban J connectivity index is 1.59. The molecule has 0 unspecified atom stereocenters. The molecular formula is C22H28N2O4. The maximum absolute atomic E-state index is 12.0. The first-order valence-electron chi connectivity index (χ1n) is 10.1. The van der Waals surface area contributed by atoms with E-state index >= 15 is 0 Å². The Bertz CT molecular complexity index is 757. The van der Waals surface area contributed by atoms with Crippen molar-refractivity contribution in [1.82, 2.24) is 10.6 Å². The summed E-state index contributed by atoms with van der Waals surface area (Å²) in [5, 5.41) is 4.17. The van der Waals surface area contributed by atoms with Crippen LogP contribution in [0.15, 0.2) is 23.8 Å². The van der Waals surface area contributed by atoms with E-state index in [0.29, 0.717) is 17.9 Å². The third-order valence-electron chi connectivity index (χ3n) is 5.40. The van der Waals surface area contributed by atoms with Crippen LogP contribution in [0.1, 0.15) is 62.5 Å². The number of benzene rings is 1. The van der Waals surface area contributed by atoms with Gasteiger partial charge in [-0.25, -0.2) is 4.79 Å². The zero-order valence-corrected chi connectivity index (χ0v) is 16.4. The van der Waals surface area contributed by atoms with Gasteiger partial charge < -0.3 is 4.74 Å². The first-order valence-corrected chi connectivity index (χ1v) is 10.1. The van der Waals surface area contributed by atoms with Gasteiger partial charge in [0.1, 0.15) is 11.3 Å². The van der Waals surface area contributed by atoms with E-state index in [1.807, 2.05) is 25.1 Å². The summed E-state index contributed by atoms with van der Waals surface area (Å²) in [6.45, 7) is 2.53. The van der Waals surface area contributed by atoms with Crippen LogP contribution in [0, 0.1) is 12.8 Å². The van der Waals surface area contributed by atoms with Crippen LogP contribution in [0.3, 0.4) is 0 Å². The summed E-state index contributed by atoms with van der Waals surface area (Å²) in [6, 6.07) is 4.85. The first kappa shape index (κ1) is 20.1. The number of carbonyl (C=O) groups excluding carboxylic acids is 3. The molecule has 28 heavy (non-hydrogen) atoms. The van der Waals surface area contributed by atoms with Gasteiger partial charge in [0.15, 0.2) is 0 Å². The number of urea groups is 1. The number of rotatable bonds is 7. The van der Waals surface area contributed by atoms with Crippen molar-refractivity contribution in [3.63, 3.8) is 0 Å². The fourth-order valence-electron chi connectivity index (χ4n) is 3.87. The Kier molecular flexibility index (Phi) is 6.85. The highest BCUT2D eigenvalue weighted by Gasteiger charge is 2.28. The molecule has 1 aliphatic heterocycles. The summed E-state index contributed by atoms with van der Waals surface area (Å²) in [4.78, 5) is 35.1. The summed E-state index contributed by atoms with van der Waals surface area (Å²) < 4.78 is 5.94. The number of imide groups is 2. The van der Waals surface area contributed by atoms with Crippen molar-refractivity contribution in [2.75, 3.05) is 6.61 Å². The molecule has 2 N–H and O–H groups in total. The minimum atomic E-state index is -0.800. The number of hydrogen-bond donors (Lipinski definition) is 2. The molecule has 1 aromatic carbocycles. The first-order chi connectivity index (χ1) is 13.5.